The lowest BCUT2D eigenvalue weighted by Crippen LogP contribution is -2.59. The first-order valence-corrected chi connectivity index (χ1v) is 5.58. The number of rotatable bonds is 3. The van der Waals surface area contributed by atoms with Gasteiger partial charge in [-0.25, -0.2) is 0 Å². The van der Waals surface area contributed by atoms with Gasteiger partial charge in [-0.3, -0.25) is 4.90 Å². The van der Waals surface area contributed by atoms with Gasteiger partial charge >= 0.3 is 0 Å². The smallest absolute Gasteiger partial charge is 0.0252 e. The van der Waals surface area contributed by atoms with Crippen LogP contribution in [0.15, 0.2) is 0 Å². The second kappa shape index (κ2) is 4.43. The fourth-order valence-electron chi connectivity index (χ4n) is 2.30. The van der Waals surface area contributed by atoms with Crippen molar-refractivity contribution in [2.75, 3.05) is 19.6 Å². The predicted octanol–water partition coefficient (Wildman–Crippen LogP) is 1.86. The normalized spacial score (nSPS) is 23.8. The molecule has 0 atom stereocenters. The minimum absolute atomic E-state index is 0.306. The van der Waals surface area contributed by atoms with Gasteiger partial charge in [0.05, 0.1) is 0 Å². The van der Waals surface area contributed by atoms with Gasteiger partial charge in [-0.15, -0.1) is 0 Å². The quantitative estimate of drug-likeness (QED) is 0.720. The van der Waals surface area contributed by atoms with Crippen molar-refractivity contribution in [1.82, 2.24) is 10.2 Å². The molecule has 0 bridgehead atoms. The molecular weight excluding hydrogens is 160 g/mol. The van der Waals surface area contributed by atoms with Crippen LogP contribution in [0.3, 0.4) is 0 Å². The van der Waals surface area contributed by atoms with Gasteiger partial charge in [0, 0.05) is 31.2 Å². The lowest BCUT2D eigenvalue weighted by Gasteiger charge is -2.42. The summed E-state index contributed by atoms with van der Waals surface area (Å²) >= 11 is 0. The summed E-state index contributed by atoms with van der Waals surface area (Å²) in [5.74, 6) is 0. The molecule has 2 heteroatoms. The molecule has 1 rings (SSSR count). The topological polar surface area (TPSA) is 15.3 Å². The van der Waals surface area contributed by atoms with E-state index < -0.39 is 0 Å². The highest BCUT2D eigenvalue weighted by Gasteiger charge is 2.28. The molecule has 0 spiro atoms. The van der Waals surface area contributed by atoms with Crippen molar-refractivity contribution in [1.29, 1.82) is 0 Å². The summed E-state index contributed by atoms with van der Waals surface area (Å²) in [6, 6.07) is 0.793. The average molecular weight is 184 g/mol. The Labute approximate surface area is 82.7 Å². The fraction of sp³-hybridized carbons (Fsp3) is 1.00. The molecule has 1 fully saturated rings. The maximum atomic E-state index is 3.55. The second-order valence-electron chi connectivity index (χ2n) is 4.75. The molecule has 0 unspecified atom stereocenters. The molecule has 1 N–H and O–H groups in total. The van der Waals surface area contributed by atoms with Gasteiger partial charge in [-0.05, 0) is 26.7 Å². The van der Waals surface area contributed by atoms with Crippen LogP contribution in [0.5, 0.6) is 0 Å². The number of hydrogen-bond donors (Lipinski definition) is 1. The maximum absolute atomic E-state index is 3.55. The lowest BCUT2D eigenvalue weighted by molar-refractivity contribution is 0.104. The van der Waals surface area contributed by atoms with Crippen molar-refractivity contribution in [3.63, 3.8) is 0 Å². The molecular formula is C11H24N2. The minimum atomic E-state index is 0.306. The van der Waals surface area contributed by atoms with E-state index >= 15 is 0 Å². The third-order valence-corrected chi connectivity index (χ3v) is 3.06. The van der Waals surface area contributed by atoms with E-state index in [4.69, 9.17) is 0 Å². The molecule has 0 aliphatic carbocycles. The van der Waals surface area contributed by atoms with Crippen LogP contribution in [0.4, 0.5) is 0 Å². The Kier molecular flexibility index (Phi) is 3.74. The molecule has 1 heterocycles. The standard InChI is InChI=1S/C11H24N2/c1-5-10(6-2)13-8-7-12-11(3,4)9-13/h10,12H,5-9H2,1-4H3. The maximum Gasteiger partial charge on any atom is 0.0252 e. The third-order valence-electron chi connectivity index (χ3n) is 3.06. The minimum Gasteiger partial charge on any atom is -0.309 e. The van der Waals surface area contributed by atoms with Gasteiger partial charge in [0.2, 0.25) is 0 Å². The average Bonchev–Trinajstić information content (AvgIpc) is 2.05. The van der Waals surface area contributed by atoms with Crippen molar-refractivity contribution < 1.29 is 0 Å². The van der Waals surface area contributed by atoms with Gasteiger partial charge in [-0.2, -0.15) is 0 Å². The Hall–Kier alpha value is -0.0800. The molecule has 2 nitrogen and oxygen atoms in total. The molecule has 0 amide bonds. The number of nitrogens with zero attached hydrogens (tertiary/aromatic N) is 1. The predicted molar refractivity (Wildman–Crippen MR) is 58.0 cm³/mol. The van der Waals surface area contributed by atoms with Crippen molar-refractivity contribution in [3.8, 4) is 0 Å². The first-order chi connectivity index (χ1) is 6.09. The van der Waals surface area contributed by atoms with Gasteiger partial charge in [0.1, 0.15) is 0 Å². The van der Waals surface area contributed by atoms with Crippen LogP contribution in [0.25, 0.3) is 0 Å². The van der Waals surface area contributed by atoms with E-state index in [0.717, 1.165) is 12.6 Å². The largest absolute Gasteiger partial charge is 0.309 e. The van der Waals surface area contributed by atoms with Crippen molar-refractivity contribution >= 4 is 0 Å². The van der Waals surface area contributed by atoms with Crippen LogP contribution < -0.4 is 5.32 Å². The Bertz CT molecular complexity index is 150. The molecule has 1 aliphatic rings. The molecule has 0 aromatic rings. The molecule has 13 heavy (non-hydrogen) atoms. The van der Waals surface area contributed by atoms with Crippen LogP contribution in [-0.4, -0.2) is 36.1 Å². The van der Waals surface area contributed by atoms with Crippen LogP contribution in [0, 0.1) is 0 Å². The van der Waals surface area contributed by atoms with Gasteiger partial charge in [0.25, 0.3) is 0 Å². The molecule has 0 saturated carbocycles. The zero-order valence-corrected chi connectivity index (χ0v) is 9.56. The number of nitrogens with one attached hydrogen (secondary N) is 1. The third kappa shape index (κ3) is 2.96. The summed E-state index contributed by atoms with van der Waals surface area (Å²) in [5.41, 5.74) is 0.306. The second-order valence-corrected chi connectivity index (χ2v) is 4.75. The molecule has 0 aromatic carbocycles. The zero-order valence-electron chi connectivity index (χ0n) is 9.56. The van der Waals surface area contributed by atoms with Crippen LogP contribution in [-0.2, 0) is 0 Å². The summed E-state index contributed by atoms with van der Waals surface area (Å²) in [4.78, 5) is 2.64. The van der Waals surface area contributed by atoms with E-state index in [0.29, 0.717) is 5.54 Å². The molecule has 1 aliphatic heterocycles. The van der Waals surface area contributed by atoms with E-state index in [9.17, 15) is 0 Å². The van der Waals surface area contributed by atoms with E-state index in [-0.39, 0.29) is 0 Å². The number of piperazine rings is 1. The van der Waals surface area contributed by atoms with Crippen LogP contribution in [0.2, 0.25) is 0 Å². The first kappa shape index (κ1) is 11.0. The van der Waals surface area contributed by atoms with E-state index in [1.54, 1.807) is 0 Å². The molecule has 0 radical (unpaired) electrons. The lowest BCUT2D eigenvalue weighted by atomic mass is 9.99. The first-order valence-electron chi connectivity index (χ1n) is 5.58. The van der Waals surface area contributed by atoms with Crippen molar-refractivity contribution in [3.05, 3.63) is 0 Å². The van der Waals surface area contributed by atoms with E-state index in [2.05, 4.69) is 37.9 Å². The highest BCUT2D eigenvalue weighted by molar-refractivity contribution is 4.88. The van der Waals surface area contributed by atoms with E-state index in [1.807, 2.05) is 0 Å². The van der Waals surface area contributed by atoms with E-state index in [1.165, 1.54) is 25.9 Å². The van der Waals surface area contributed by atoms with Gasteiger partial charge in [-0.1, -0.05) is 13.8 Å². The van der Waals surface area contributed by atoms with Crippen LogP contribution in [0.1, 0.15) is 40.5 Å². The summed E-state index contributed by atoms with van der Waals surface area (Å²) in [6.07, 6.45) is 2.57. The molecule has 1 saturated heterocycles. The Morgan fingerprint density at radius 3 is 2.38 bits per heavy atom. The summed E-state index contributed by atoms with van der Waals surface area (Å²) in [6.45, 7) is 12.7. The summed E-state index contributed by atoms with van der Waals surface area (Å²) < 4.78 is 0. The Balaban J connectivity index is 2.50. The SMILES string of the molecule is CCC(CC)N1CCNC(C)(C)C1. The highest BCUT2D eigenvalue weighted by Crippen LogP contribution is 2.16. The molecule has 0 aromatic heterocycles. The van der Waals surface area contributed by atoms with Gasteiger partial charge in [0.15, 0.2) is 0 Å². The fourth-order valence-corrected chi connectivity index (χ4v) is 2.30. The van der Waals surface area contributed by atoms with Gasteiger partial charge < -0.3 is 5.32 Å². The summed E-state index contributed by atoms with van der Waals surface area (Å²) in [7, 11) is 0. The van der Waals surface area contributed by atoms with Crippen molar-refractivity contribution in [2.45, 2.75) is 52.1 Å². The monoisotopic (exact) mass is 184 g/mol. The number of hydrogen-bond acceptors (Lipinski definition) is 2. The van der Waals surface area contributed by atoms with Crippen LogP contribution >= 0.6 is 0 Å². The summed E-state index contributed by atoms with van der Waals surface area (Å²) in [5, 5.41) is 3.55. The highest BCUT2D eigenvalue weighted by atomic mass is 15.2. The molecule has 78 valence electrons. The Morgan fingerprint density at radius 1 is 1.31 bits per heavy atom. The Morgan fingerprint density at radius 2 is 1.92 bits per heavy atom. The van der Waals surface area contributed by atoms with Crippen molar-refractivity contribution in [2.24, 2.45) is 0 Å². The zero-order chi connectivity index (χ0) is 9.90.